The maximum absolute atomic E-state index is 4.60. The molecule has 0 saturated heterocycles. The van der Waals surface area contributed by atoms with Crippen LogP contribution >= 0.6 is 11.3 Å². The zero-order valence-corrected chi connectivity index (χ0v) is 15.2. The second-order valence-corrected chi connectivity index (χ2v) is 6.84. The summed E-state index contributed by atoms with van der Waals surface area (Å²) in [5, 5.41) is 5.59. The highest BCUT2D eigenvalue weighted by Crippen LogP contribution is 2.34. The first kappa shape index (κ1) is 16.4. The van der Waals surface area contributed by atoms with E-state index in [4.69, 9.17) is 0 Å². The number of anilines is 1. The summed E-state index contributed by atoms with van der Waals surface area (Å²) in [5.74, 6) is 0.732. The van der Waals surface area contributed by atoms with Crippen molar-refractivity contribution in [3.8, 4) is 10.4 Å². The molecule has 0 radical (unpaired) electrons. The Kier molecular flexibility index (Phi) is 4.71. The fourth-order valence-corrected chi connectivity index (χ4v) is 3.79. The summed E-state index contributed by atoms with van der Waals surface area (Å²) in [7, 11) is 0. The first-order valence-corrected chi connectivity index (χ1v) is 9.34. The van der Waals surface area contributed by atoms with Crippen LogP contribution in [-0.4, -0.2) is 15.7 Å². The lowest BCUT2D eigenvalue weighted by Gasteiger charge is -2.05. The lowest BCUT2D eigenvalue weighted by molar-refractivity contribution is 1.16. The van der Waals surface area contributed by atoms with Crippen molar-refractivity contribution in [3.05, 3.63) is 78.6 Å². The summed E-state index contributed by atoms with van der Waals surface area (Å²) in [5.41, 5.74) is 6.44. The van der Waals surface area contributed by atoms with Crippen molar-refractivity contribution in [2.75, 3.05) is 5.43 Å². The first-order chi connectivity index (χ1) is 12.8. The van der Waals surface area contributed by atoms with Gasteiger partial charge in [0.1, 0.15) is 11.2 Å². The van der Waals surface area contributed by atoms with Crippen molar-refractivity contribution in [2.24, 2.45) is 5.10 Å². The van der Waals surface area contributed by atoms with Gasteiger partial charge in [0.05, 0.1) is 11.1 Å². The van der Waals surface area contributed by atoms with E-state index in [1.807, 2.05) is 36.4 Å². The molecular formula is C21H18N4S. The zero-order valence-electron chi connectivity index (χ0n) is 14.4. The number of benzene rings is 2. The molecular weight excluding hydrogens is 340 g/mol. The van der Waals surface area contributed by atoms with Crippen LogP contribution < -0.4 is 5.43 Å². The van der Waals surface area contributed by atoms with Crippen LogP contribution in [0.5, 0.6) is 0 Å². The number of nitrogens with zero attached hydrogens (tertiary/aromatic N) is 3. The molecule has 0 bridgehead atoms. The molecule has 4 rings (SSSR count). The summed E-state index contributed by atoms with van der Waals surface area (Å²) in [6.45, 7) is 2.10. The molecule has 4 nitrogen and oxygen atoms in total. The first-order valence-electron chi connectivity index (χ1n) is 8.53. The largest absolute Gasteiger partial charge is 0.260 e. The van der Waals surface area contributed by atoms with Crippen LogP contribution in [0.2, 0.25) is 0 Å². The Morgan fingerprint density at radius 2 is 1.73 bits per heavy atom. The third-order valence-corrected chi connectivity index (χ3v) is 5.22. The summed E-state index contributed by atoms with van der Waals surface area (Å²) >= 11 is 1.66. The number of hydrazone groups is 1. The third-order valence-electron chi connectivity index (χ3n) is 4.13. The van der Waals surface area contributed by atoms with Gasteiger partial charge in [0.2, 0.25) is 0 Å². The highest BCUT2D eigenvalue weighted by Gasteiger charge is 2.10. The van der Waals surface area contributed by atoms with Crippen LogP contribution in [0.15, 0.2) is 78.2 Å². The molecule has 4 aromatic rings. The van der Waals surface area contributed by atoms with Gasteiger partial charge in [-0.1, -0.05) is 67.6 Å². The SMILES string of the molecule is CCC(=NNc1ncnc2sc(-c3ccccc3)cc12)c1ccccc1. The molecule has 0 aliphatic heterocycles. The molecule has 26 heavy (non-hydrogen) atoms. The highest BCUT2D eigenvalue weighted by molar-refractivity contribution is 7.21. The maximum atomic E-state index is 4.60. The topological polar surface area (TPSA) is 50.2 Å². The highest BCUT2D eigenvalue weighted by atomic mass is 32.1. The van der Waals surface area contributed by atoms with Crippen LogP contribution in [0.1, 0.15) is 18.9 Å². The molecule has 0 aliphatic rings. The zero-order chi connectivity index (χ0) is 17.8. The number of hydrogen-bond acceptors (Lipinski definition) is 5. The molecule has 2 aromatic heterocycles. The van der Waals surface area contributed by atoms with Gasteiger partial charge in [0.25, 0.3) is 0 Å². The van der Waals surface area contributed by atoms with E-state index in [1.54, 1.807) is 17.7 Å². The molecule has 0 unspecified atom stereocenters. The van der Waals surface area contributed by atoms with Gasteiger partial charge < -0.3 is 0 Å². The summed E-state index contributed by atoms with van der Waals surface area (Å²) in [6.07, 6.45) is 2.42. The minimum absolute atomic E-state index is 0.732. The molecule has 5 heteroatoms. The minimum Gasteiger partial charge on any atom is -0.260 e. The predicted molar refractivity (Wildman–Crippen MR) is 110 cm³/mol. The molecule has 128 valence electrons. The Hall–Kier alpha value is -3.05. The van der Waals surface area contributed by atoms with E-state index >= 15 is 0 Å². The standard InChI is InChI=1S/C21H18N4S/c1-2-18(15-9-5-3-6-10-15)24-25-20-17-13-19(16-11-7-4-8-12-16)26-21(17)23-14-22-20/h3-14H,2H2,1H3,(H,22,23,25). The lowest BCUT2D eigenvalue weighted by atomic mass is 10.1. The predicted octanol–water partition coefficient (Wildman–Crippen LogP) is 5.58. The van der Waals surface area contributed by atoms with E-state index in [-0.39, 0.29) is 0 Å². The molecule has 0 atom stereocenters. The number of aromatic nitrogens is 2. The molecule has 2 heterocycles. The Morgan fingerprint density at radius 3 is 2.46 bits per heavy atom. The quantitative estimate of drug-likeness (QED) is 0.374. The number of nitrogens with one attached hydrogen (secondary N) is 1. The van der Waals surface area contributed by atoms with Crippen LogP contribution in [0.25, 0.3) is 20.7 Å². The van der Waals surface area contributed by atoms with Gasteiger partial charge in [-0.15, -0.1) is 11.3 Å². The van der Waals surface area contributed by atoms with E-state index in [1.165, 1.54) is 10.4 Å². The average Bonchev–Trinajstić information content (AvgIpc) is 3.15. The minimum atomic E-state index is 0.732. The van der Waals surface area contributed by atoms with Crippen molar-refractivity contribution in [2.45, 2.75) is 13.3 Å². The van der Waals surface area contributed by atoms with Crippen molar-refractivity contribution in [1.82, 2.24) is 9.97 Å². The summed E-state index contributed by atoms with van der Waals surface area (Å²) < 4.78 is 0. The average molecular weight is 358 g/mol. The van der Waals surface area contributed by atoms with Crippen LogP contribution in [-0.2, 0) is 0 Å². The van der Waals surface area contributed by atoms with E-state index in [2.05, 4.69) is 57.8 Å². The third kappa shape index (κ3) is 3.34. The fraction of sp³-hybridized carbons (Fsp3) is 0.0952. The number of hydrogen-bond donors (Lipinski definition) is 1. The van der Waals surface area contributed by atoms with Gasteiger partial charge >= 0.3 is 0 Å². The van der Waals surface area contributed by atoms with E-state index < -0.39 is 0 Å². The molecule has 0 fully saturated rings. The van der Waals surface area contributed by atoms with Crippen molar-refractivity contribution < 1.29 is 0 Å². The molecule has 0 spiro atoms. The van der Waals surface area contributed by atoms with Gasteiger partial charge in [0, 0.05) is 4.88 Å². The smallest absolute Gasteiger partial charge is 0.158 e. The molecule has 0 saturated carbocycles. The normalized spacial score (nSPS) is 11.7. The van der Waals surface area contributed by atoms with Gasteiger partial charge in [-0.2, -0.15) is 5.10 Å². The molecule has 2 aromatic carbocycles. The van der Waals surface area contributed by atoms with E-state index in [0.717, 1.165) is 33.7 Å². The monoisotopic (exact) mass is 358 g/mol. The van der Waals surface area contributed by atoms with Crippen molar-refractivity contribution >= 4 is 33.1 Å². The van der Waals surface area contributed by atoms with Gasteiger partial charge in [-0.3, -0.25) is 5.43 Å². The number of thiophene rings is 1. The van der Waals surface area contributed by atoms with Gasteiger partial charge in [-0.25, -0.2) is 9.97 Å². The Morgan fingerprint density at radius 1 is 1.00 bits per heavy atom. The molecule has 1 N–H and O–H groups in total. The van der Waals surface area contributed by atoms with Crippen LogP contribution in [0, 0.1) is 0 Å². The summed E-state index contributed by atoms with van der Waals surface area (Å²) in [6, 6.07) is 22.6. The Bertz CT molecular complexity index is 1040. The van der Waals surface area contributed by atoms with E-state index in [9.17, 15) is 0 Å². The fourth-order valence-electron chi connectivity index (χ4n) is 2.79. The lowest BCUT2D eigenvalue weighted by Crippen LogP contribution is -2.04. The second-order valence-electron chi connectivity index (χ2n) is 5.81. The van der Waals surface area contributed by atoms with Crippen molar-refractivity contribution in [1.29, 1.82) is 0 Å². The molecule has 0 aliphatic carbocycles. The van der Waals surface area contributed by atoms with E-state index in [0.29, 0.717) is 0 Å². The Balaban J connectivity index is 1.68. The number of rotatable bonds is 5. The second kappa shape index (κ2) is 7.45. The van der Waals surface area contributed by atoms with Crippen LogP contribution in [0.3, 0.4) is 0 Å². The van der Waals surface area contributed by atoms with Gasteiger partial charge in [-0.05, 0) is 23.6 Å². The molecule has 0 amide bonds. The number of fused-ring (bicyclic) bond motifs is 1. The Labute approximate surface area is 156 Å². The maximum Gasteiger partial charge on any atom is 0.158 e. The van der Waals surface area contributed by atoms with Crippen LogP contribution in [0.4, 0.5) is 5.82 Å². The summed E-state index contributed by atoms with van der Waals surface area (Å²) in [4.78, 5) is 10.9. The van der Waals surface area contributed by atoms with Crippen molar-refractivity contribution in [3.63, 3.8) is 0 Å². The van der Waals surface area contributed by atoms with Gasteiger partial charge in [0.15, 0.2) is 5.82 Å².